The molecule has 0 bridgehead atoms. The predicted molar refractivity (Wildman–Crippen MR) is 116 cm³/mol. The number of aliphatic hydroxyl groups excluding tert-OH is 1. The highest BCUT2D eigenvalue weighted by Crippen LogP contribution is 2.38. The summed E-state index contributed by atoms with van der Waals surface area (Å²) in [5, 5.41) is 12.4. The van der Waals surface area contributed by atoms with E-state index in [2.05, 4.69) is 20.2 Å². The molecule has 2 fully saturated rings. The Morgan fingerprint density at radius 1 is 1.09 bits per heavy atom. The van der Waals surface area contributed by atoms with Gasteiger partial charge in [0.2, 0.25) is 0 Å². The number of aromatic nitrogens is 2. The number of benzene rings is 1. The van der Waals surface area contributed by atoms with E-state index >= 15 is 0 Å². The summed E-state index contributed by atoms with van der Waals surface area (Å²) in [5.41, 5.74) is -0.499. The minimum atomic E-state index is -4.59. The number of rotatable bonds is 7. The molecule has 2 aromatic rings. The second-order valence-electron chi connectivity index (χ2n) is 9.42. The van der Waals surface area contributed by atoms with Gasteiger partial charge in [-0.1, -0.05) is 0 Å². The zero-order valence-electron chi connectivity index (χ0n) is 18.7. The Morgan fingerprint density at radius 3 is 2.40 bits per heavy atom. The van der Waals surface area contributed by atoms with Crippen molar-refractivity contribution in [3.05, 3.63) is 30.1 Å². The molecule has 12 heteroatoms. The number of anilines is 1. The van der Waals surface area contributed by atoms with E-state index < -0.39 is 29.9 Å². The molecule has 1 aromatic carbocycles. The van der Waals surface area contributed by atoms with Gasteiger partial charge in [-0.3, -0.25) is 9.69 Å². The van der Waals surface area contributed by atoms with Gasteiger partial charge in [0.1, 0.15) is 12.1 Å². The summed E-state index contributed by atoms with van der Waals surface area (Å²) in [6, 6.07) is 3.31. The quantitative estimate of drug-likeness (QED) is 0.544. The van der Waals surface area contributed by atoms with Crippen LogP contribution in [0.4, 0.5) is 32.2 Å². The van der Waals surface area contributed by atoms with Crippen molar-refractivity contribution < 1.29 is 36.2 Å². The van der Waals surface area contributed by atoms with Gasteiger partial charge in [-0.15, -0.1) is 0 Å². The zero-order valence-corrected chi connectivity index (χ0v) is 18.7. The molecule has 2 aliphatic rings. The van der Waals surface area contributed by atoms with E-state index in [1.807, 2.05) is 0 Å². The molecule has 192 valence electrons. The molecule has 1 saturated heterocycles. The van der Waals surface area contributed by atoms with E-state index in [1.54, 1.807) is 0 Å². The van der Waals surface area contributed by atoms with Gasteiger partial charge in [-0.05, 0) is 55.7 Å². The lowest BCUT2D eigenvalue weighted by Gasteiger charge is -2.47. The van der Waals surface area contributed by atoms with E-state index in [1.165, 1.54) is 12.4 Å². The van der Waals surface area contributed by atoms with Crippen LogP contribution in [0.25, 0.3) is 10.9 Å². The Balaban J connectivity index is 1.23. The van der Waals surface area contributed by atoms with Crippen LogP contribution in [0.15, 0.2) is 24.5 Å². The summed E-state index contributed by atoms with van der Waals surface area (Å²) in [5.74, 6) is -0.587. The third kappa shape index (κ3) is 6.03. The molecule has 1 aromatic heterocycles. The van der Waals surface area contributed by atoms with Crippen LogP contribution < -0.4 is 5.32 Å². The van der Waals surface area contributed by atoms with E-state index in [0.717, 1.165) is 12.1 Å². The van der Waals surface area contributed by atoms with Crippen molar-refractivity contribution in [1.82, 2.24) is 14.9 Å². The molecule has 0 radical (unpaired) electrons. The third-order valence-electron chi connectivity index (χ3n) is 6.96. The second kappa shape index (κ2) is 9.88. The number of Topliss-reactive ketones (excluding diaryl/α,β-unsaturated/α-hetero) is 1. The first-order chi connectivity index (χ1) is 16.4. The van der Waals surface area contributed by atoms with Crippen LogP contribution in [0.2, 0.25) is 0 Å². The number of nitrogens with zero attached hydrogens (tertiary/aromatic N) is 3. The fraction of sp³-hybridized carbons (Fsp3) is 0.609. The number of nitrogens with one attached hydrogen (secondary N) is 1. The molecule has 1 saturated carbocycles. The standard InChI is InChI=1S/C23H26F6N4O2/c24-22(25,26)15-3-6-19-18(8-15)21(32-12-31-19)30-9-17(34)7-13-10-33(11-13)16-4-1-14(2-5-16)20(35)23(27,28)29/h3,6,8,12-14,16,20,35H,1-2,4-5,7,9-11H2,(H,30,31,32). The van der Waals surface area contributed by atoms with Crippen molar-refractivity contribution in [3.63, 3.8) is 0 Å². The average molecular weight is 504 g/mol. The molecule has 1 atom stereocenters. The lowest BCUT2D eigenvalue weighted by Crippen LogP contribution is -2.54. The number of likely N-dealkylation sites (tertiary alicyclic amines) is 1. The monoisotopic (exact) mass is 504 g/mol. The van der Waals surface area contributed by atoms with Crippen LogP contribution in [0, 0.1) is 11.8 Å². The largest absolute Gasteiger partial charge is 0.416 e. The fourth-order valence-electron chi connectivity index (χ4n) is 5.04. The maximum Gasteiger partial charge on any atom is 0.416 e. The minimum Gasteiger partial charge on any atom is -0.383 e. The van der Waals surface area contributed by atoms with E-state index in [4.69, 9.17) is 0 Å². The molecule has 1 aliphatic carbocycles. The van der Waals surface area contributed by atoms with Gasteiger partial charge in [-0.2, -0.15) is 26.3 Å². The van der Waals surface area contributed by atoms with E-state index in [-0.39, 0.29) is 35.5 Å². The zero-order chi connectivity index (χ0) is 25.4. The van der Waals surface area contributed by atoms with Crippen molar-refractivity contribution in [2.75, 3.05) is 25.0 Å². The number of fused-ring (bicyclic) bond motifs is 1. The number of carbonyl (C=O) groups is 1. The summed E-state index contributed by atoms with van der Waals surface area (Å²) < 4.78 is 77.2. The second-order valence-corrected chi connectivity index (χ2v) is 9.42. The van der Waals surface area contributed by atoms with Crippen LogP contribution in [0.5, 0.6) is 0 Å². The average Bonchev–Trinajstić information content (AvgIpc) is 2.78. The van der Waals surface area contributed by atoms with Crippen LogP contribution in [-0.4, -0.2) is 63.7 Å². The molecule has 1 aliphatic heterocycles. The van der Waals surface area contributed by atoms with Gasteiger partial charge in [0.05, 0.1) is 17.6 Å². The molecule has 2 heterocycles. The predicted octanol–water partition coefficient (Wildman–Crippen LogP) is 4.43. The van der Waals surface area contributed by atoms with Crippen molar-refractivity contribution in [1.29, 1.82) is 0 Å². The first kappa shape index (κ1) is 25.6. The van der Waals surface area contributed by atoms with Gasteiger partial charge in [0.25, 0.3) is 0 Å². The minimum absolute atomic E-state index is 0.0840. The molecule has 4 rings (SSSR count). The number of ketones is 1. The first-order valence-corrected chi connectivity index (χ1v) is 11.5. The third-order valence-corrected chi connectivity index (χ3v) is 6.96. The van der Waals surface area contributed by atoms with Crippen molar-refractivity contribution in [2.45, 2.75) is 56.6 Å². The molecule has 0 spiro atoms. The number of carbonyl (C=O) groups excluding carboxylic acids is 1. The lowest BCUT2D eigenvalue weighted by molar-refractivity contribution is -0.223. The Hall–Kier alpha value is -2.47. The summed E-state index contributed by atoms with van der Waals surface area (Å²) in [7, 11) is 0. The Bertz CT molecular complexity index is 1050. The number of hydrogen-bond donors (Lipinski definition) is 2. The summed E-state index contributed by atoms with van der Waals surface area (Å²) in [4.78, 5) is 22.6. The number of alkyl halides is 6. The molecule has 0 amide bonds. The van der Waals surface area contributed by atoms with Gasteiger partial charge in [0.15, 0.2) is 11.9 Å². The van der Waals surface area contributed by atoms with Crippen molar-refractivity contribution in [3.8, 4) is 0 Å². The van der Waals surface area contributed by atoms with Crippen LogP contribution >= 0.6 is 0 Å². The topological polar surface area (TPSA) is 78.4 Å². The smallest absolute Gasteiger partial charge is 0.383 e. The Morgan fingerprint density at radius 2 is 1.77 bits per heavy atom. The molecule has 6 nitrogen and oxygen atoms in total. The van der Waals surface area contributed by atoms with Gasteiger partial charge >= 0.3 is 12.4 Å². The maximum atomic E-state index is 13.0. The normalized spacial score (nSPS) is 23.2. The van der Waals surface area contributed by atoms with Crippen LogP contribution in [-0.2, 0) is 11.0 Å². The van der Waals surface area contributed by atoms with Crippen molar-refractivity contribution in [2.24, 2.45) is 11.8 Å². The van der Waals surface area contributed by atoms with Gasteiger partial charge in [0, 0.05) is 30.9 Å². The van der Waals surface area contributed by atoms with Gasteiger partial charge < -0.3 is 10.4 Å². The number of aliphatic hydroxyl groups is 1. The highest BCUT2D eigenvalue weighted by atomic mass is 19.4. The molecular formula is C23H26F6N4O2. The van der Waals surface area contributed by atoms with Crippen LogP contribution in [0.1, 0.15) is 37.7 Å². The highest BCUT2D eigenvalue weighted by Gasteiger charge is 2.45. The van der Waals surface area contributed by atoms with Crippen LogP contribution in [0.3, 0.4) is 0 Å². The molecule has 2 N–H and O–H groups in total. The molecule has 1 unspecified atom stereocenters. The van der Waals surface area contributed by atoms with E-state index in [0.29, 0.717) is 50.7 Å². The lowest BCUT2D eigenvalue weighted by atomic mass is 9.80. The maximum absolute atomic E-state index is 13.0. The SMILES string of the molecule is O=C(CNc1ncnc2ccc(C(F)(F)F)cc12)CC1CN(C2CCC(C(O)C(F)(F)F)CC2)C1. The first-order valence-electron chi connectivity index (χ1n) is 11.5. The van der Waals surface area contributed by atoms with Gasteiger partial charge in [-0.25, -0.2) is 9.97 Å². The fourth-order valence-corrected chi connectivity index (χ4v) is 5.04. The Kier molecular flexibility index (Phi) is 7.23. The van der Waals surface area contributed by atoms with Crippen molar-refractivity contribution >= 4 is 22.5 Å². The summed E-state index contributed by atoms with van der Waals surface area (Å²) >= 11 is 0. The van der Waals surface area contributed by atoms with E-state index in [9.17, 15) is 36.2 Å². The number of halogens is 6. The molecule has 35 heavy (non-hydrogen) atoms. The highest BCUT2D eigenvalue weighted by molar-refractivity contribution is 5.91. The summed E-state index contributed by atoms with van der Waals surface area (Å²) in [6.07, 6.45) is -8.06. The summed E-state index contributed by atoms with van der Waals surface area (Å²) in [6.45, 7) is 1.27. The number of hydrogen-bond acceptors (Lipinski definition) is 6. The Labute approximate surface area is 197 Å². The molecular weight excluding hydrogens is 478 g/mol.